The molecule has 4 heterocycles. The van der Waals surface area contributed by atoms with E-state index in [1.165, 1.54) is 0 Å². The van der Waals surface area contributed by atoms with Gasteiger partial charge >= 0.3 is 0 Å². The maximum Gasteiger partial charge on any atom is 0.270 e. The molecule has 4 aromatic rings. The van der Waals surface area contributed by atoms with Gasteiger partial charge in [-0.05, 0) is 67.1 Å². The first kappa shape index (κ1) is 22.2. The van der Waals surface area contributed by atoms with Crippen molar-refractivity contribution in [1.82, 2.24) is 24.8 Å². The Morgan fingerprint density at radius 1 is 1.06 bits per heavy atom. The summed E-state index contributed by atoms with van der Waals surface area (Å²) in [6.45, 7) is 2.43. The van der Waals surface area contributed by atoms with Crippen molar-refractivity contribution >= 4 is 16.8 Å². The molecule has 1 aliphatic rings. The monoisotopic (exact) mass is 455 g/mol. The summed E-state index contributed by atoms with van der Waals surface area (Å²) in [5, 5.41) is 1.01. The molecule has 7 heteroatoms. The number of hydrogen-bond donors (Lipinski definition) is 1. The van der Waals surface area contributed by atoms with Crippen LogP contribution < -0.4 is 0 Å². The molecular formula is C27H29N5O2. The van der Waals surface area contributed by atoms with E-state index in [1.807, 2.05) is 48.3 Å². The van der Waals surface area contributed by atoms with Crippen LogP contribution in [-0.4, -0.2) is 57.5 Å². The number of ether oxygens (including phenoxy) is 1. The molecule has 174 valence electrons. The Morgan fingerprint density at radius 3 is 2.76 bits per heavy atom. The molecule has 0 spiro atoms. The predicted octanol–water partition coefficient (Wildman–Crippen LogP) is 4.50. The minimum atomic E-state index is 0.0243. The second-order valence-electron chi connectivity index (χ2n) is 8.93. The van der Waals surface area contributed by atoms with Crippen molar-refractivity contribution in [2.75, 3.05) is 26.8 Å². The Kier molecular flexibility index (Phi) is 6.62. The van der Waals surface area contributed by atoms with Crippen molar-refractivity contribution in [3.05, 3.63) is 78.0 Å². The molecule has 0 saturated carbocycles. The van der Waals surface area contributed by atoms with E-state index in [0.29, 0.717) is 18.0 Å². The summed E-state index contributed by atoms with van der Waals surface area (Å²) in [6, 6.07) is 15.8. The van der Waals surface area contributed by atoms with Crippen LogP contribution in [0.25, 0.3) is 22.3 Å². The van der Waals surface area contributed by atoms with E-state index in [0.717, 1.165) is 72.7 Å². The second-order valence-corrected chi connectivity index (χ2v) is 8.93. The number of H-pyrrole nitrogens is 1. The van der Waals surface area contributed by atoms with E-state index in [9.17, 15) is 4.79 Å². The van der Waals surface area contributed by atoms with E-state index in [2.05, 4.69) is 32.1 Å². The molecule has 0 aliphatic carbocycles. The van der Waals surface area contributed by atoms with E-state index >= 15 is 0 Å². The highest BCUT2D eigenvalue weighted by molar-refractivity contribution is 5.98. The summed E-state index contributed by atoms with van der Waals surface area (Å²) in [4.78, 5) is 31.6. The molecule has 1 fully saturated rings. The number of pyridine rings is 1. The first-order valence-electron chi connectivity index (χ1n) is 11.8. The number of aromatic nitrogens is 4. The van der Waals surface area contributed by atoms with Gasteiger partial charge < -0.3 is 14.6 Å². The standard InChI is InChI=1S/C27H29N5O2/c1-32(13-8-19-9-14-34-15-10-19)27(33)25-18-21-16-20(5-6-22(21)30-25)17-26-29-12-7-24(31-26)23-4-2-3-11-28-23/h2-7,11-12,16,18-19,30H,8-10,13-15,17H2,1H3. The molecule has 1 aliphatic heterocycles. The number of carbonyl (C=O) groups is 1. The van der Waals surface area contributed by atoms with Crippen molar-refractivity contribution < 1.29 is 9.53 Å². The normalized spacial score (nSPS) is 14.4. The van der Waals surface area contributed by atoms with Gasteiger partial charge in [0.15, 0.2) is 0 Å². The van der Waals surface area contributed by atoms with Gasteiger partial charge in [0.25, 0.3) is 5.91 Å². The second kappa shape index (κ2) is 10.1. The van der Waals surface area contributed by atoms with E-state index in [1.54, 1.807) is 12.4 Å². The maximum atomic E-state index is 13.0. The molecule has 1 saturated heterocycles. The molecule has 3 aromatic heterocycles. The van der Waals surface area contributed by atoms with Crippen LogP contribution >= 0.6 is 0 Å². The number of aromatic amines is 1. The summed E-state index contributed by atoms with van der Waals surface area (Å²) >= 11 is 0. The number of benzene rings is 1. The topological polar surface area (TPSA) is 84.0 Å². The Balaban J connectivity index is 1.27. The third-order valence-electron chi connectivity index (χ3n) is 6.47. The number of nitrogens with zero attached hydrogens (tertiary/aromatic N) is 4. The number of rotatable bonds is 7. The van der Waals surface area contributed by atoms with Crippen molar-refractivity contribution in [3.63, 3.8) is 0 Å². The zero-order valence-electron chi connectivity index (χ0n) is 19.4. The molecule has 0 atom stereocenters. The van der Waals surface area contributed by atoms with Gasteiger partial charge in [-0.3, -0.25) is 9.78 Å². The molecule has 1 amide bonds. The highest BCUT2D eigenvalue weighted by atomic mass is 16.5. The lowest BCUT2D eigenvalue weighted by Gasteiger charge is -2.24. The molecule has 0 radical (unpaired) electrons. The SMILES string of the molecule is CN(CCC1CCOCC1)C(=O)c1cc2cc(Cc3nccc(-c4ccccn4)n3)ccc2[nH]1. The van der Waals surface area contributed by atoms with Crippen molar-refractivity contribution in [1.29, 1.82) is 0 Å². The van der Waals surface area contributed by atoms with Crippen LogP contribution in [0.1, 0.15) is 41.1 Å². The smallest absolute Gasteiger partial charge is 0.270 e. The molecule has 7 nitrogen and oxygen atoms in total. The zero-order chi connectivity index (χ0) is 23.3. The largest absolute Gasteiger partial charge is 0.381 e. The third-order valence-corrected chi connectivity index (χ3v) is 6.47. The molecular weight excluding hydrogens is 426 g/mol. The lowest BCUT2D eigenvalue weighted by atomic mass is 9.96. The first-order valence-corrected chi connectivity index (χ1v) is 11.8. The van der Waals surface area contributed by atoms with Crippen LogP contribution in [0.2, 0.25) is 0 Å². The molecule has 1 aromatic carbocycles. The van der Waals surface area contributed by atoms with Gasteiger partial charge in [-0.25, -0.2) is 9.97 Å². The van der Waals surface area contributed by atoms with Crippen molar-refractivity contribution in [2.45, 2.75) is 25.7 Å². The number of nitrogens with one attached hydrogen (secondary N) is 1. The fourth-order valence-corrected chi connectivity index (χ4v) is 4.45. The lowest BCUT2D eigenvalue weighted by molar-refractivity contribution is 0.0582. The fourth-order valence-electron chi connectivity index (χ4n) is 4.45. The minimum Gasteiger partial charge on any atom is -0.381 e. The quantitative estimate of drug-likeness (QED) is 0.444. The number of fused-ring (bicyclic) bond motifs is 1. The van der Waals surface area contributed by atoms with Crippen LogP contribution in [0.15, 0.2) is 60.9 Å². The van der Waals surface area contributed by atoms with Gasteiger partial charge in [0.1, 0.15) is 11.5 Å². The first-order chi connectivity index (χ1) is 16.7. The van der Waals surface area contributed by atoms with Crippen molar-refractivity contribution in [3.8, 4) is 11.4 Å². The van der Waals surface area contributed by atoms with E-state index in [-0.39, 0.29) is 5.91 Å². The summed E-state index contributed by atoms with van der Waals surface area (Å²) in [6.07, 6.45) is 7.34. The molecule has 1 N–H and O–H groups in total. The summed E-state index contributed by atoms with van der Waals surface area (Å²) in [5.74, 6) is 1.41. The van der Waals surface area contributed by atoms with Gasteiger partial charge in [0.05, 0.1) is 11.4 Å². The zero-order valence-corrected chi connectivity index (χ0v) is 19.4. The van der Waals surface area contributed by atoms with Crippen molar-refractivity contribution in [2.24, 2.45) is 5.92 Å². The average molecular weight is 456 g/mol. The van der Waals surface area contributed by atoms with Crippen LogP contribution in [0.5, 0.6) is 0 Å². The van der Waals surface area contributed by atoms with Crippen LogP contribution in [0, 0.1) is 5.92 Å². The summed E-state index contributed by atoms with van der Waals surface area (Å²) in [7, 11) is 1.88. The van der Waals surface area contributed by atoms with Crippen LogP contribution in [0.4, 0.5) is 0 Å². The third kappa shape index (κ3) is 5.15. The van der Waals surface area contributed by atoms with Gasteiger partial charge in [0.2, 0.25) is 0 Å². The highest BCUT2D eigenvalue weighted by Gasteiger charge is 2.18. The molecule has 34 heavy (non-hydrogen) atoms. The number of carbonyl (C=O) groups excluding carboxylic acids is 1. The maximum absolute atomic E-state index is 13.0. The molecule has 5 rings (SSSR count). The Hall–Kier alpha value is -3.58. The van der Waals surface area contributed by atoms with E-state index < -0.39 is 0 Å². The summed E-state index contributed by atoms with van der Waals surface area (Å²) < 4.78 is 5.43. The number of hydrogen-bond acceptors (Lipinski definition) is 5. The van der Waals surface area contributed by atoms with Gasteiger partial charge in [-0.2, -0.15) is 0 Å². The molecule has 0 bridgehead atoms. The van der Waals surface area contributed by atoms with Gasteiger partial charge in [-0.1, -0.05) is 12.1 Å². The Bertz CT molecular complexity index is 1260. The lowest BCUT2D eigenvalue weighted by Crippen LogP contribution is -2.30. The minimum absolute atomic E-state index is 0.0243. The van der Waals surface area contributed by atoms with Crippen LogP contribution in [-0.2, 0) is 11.2 Å². The Labute approximate surface area is 199 Å². The predicted molar refractivity (Wildman–Crippen MR) is 131 cm³/mol. The number of amides is 1. The summed E-state index contributed by atoms with van der Waals surface area (Å²) in [5.41, 5.74) is 4.31. The molecule has 0 unspecified atom stereocenters. The highest BCUT2D eigenvalue weighted by Crippen LogP contribution is 2.22. The Morgan fingerprint density at radius 2 is 1.94 bits per heavy atom. The average Bonchev–Trinajstić information content (AvgIpc) is 3.31. The fraction of sp³-hybridized carbons (Fsp3) is 0.333. The van der Waals surface area contributed by atoms with Crippen LogP contribution in [0.3, 0.4) is 0 Å². The van der Waals surface area contributed by atoms with Gasteiger partial charge in [-0.15, -0.1) is 0 Å². The van der Waals surface area contributed by atoms with Gasteiger partial charge in [0, 0.05) is 56.5 Å². The van der Waals surface area contributed by atoms with E-state index in [4.69, 9.17) is 4.74 Å².